The summed E-state index contributed by atoms with van der Waals surface area (Å²) in [6.07, 6.45) is 13.6. The van der Waals surface area contributed by atoms with Crippen LogP contribution in [0, 0.1) is 11.3 Å². The molecule has 0 amide bonds. The number of allylic oxidation sites excluding steroid dienone is 3. The Labute approximate surface area is 198 Å². The molecule has 1 spiro atoms. The summed E-state index contributed by atoms with van der Waals surface area (Å²) < 4.78 is 12.1. The van der Waals surface area contributed by atoms with E-state index in [0.29, 0.717) is 11.3 Å². The fourth-order valence-corrected chi connectivity index (χ4v) is 5.31. The molecule has 0 bridgehead atoms. The van der Waals surface area contributed by atoms with E-state index in [9.17, 15) is 0 Å². The van der Waals surface area contributed by atoms with E-state index in [4.69, 9.17) is 29.3 Å². The molecular weight excluding hydrogens is 436 g/mol. The van der Waals surface area contributed by atoms with Crippen molar-refractivity contribution in [2.75, 3.05) is 39.5 Å². The molecule has 0 radical (unpaired) electrons. The number of piperidine rings is 1. The maximum atomic E-state index is 9.10. The molecule has 3 aliphatic rings. The summed E-state index contributed by atoms with van der Waals surface area (Å²) in [6.45, 7) is 6.04. The number of fused-ring (bicyclic) bond motifs is 3. The Morgan fingerprint density at radius 2 is 1.97 bits per heavy atom. The van der Waals surface area contributed by atoms with Gasteiger partial charge in [-0.2, -0.15) is 0 Å². The average Bonchev–Trinajstić information content (AvgIpc) is 3.33. The van der Waals surface area contributed by atoms with Crippen molar-refractivity contribution >= 4 is 22.8 Å². The number of hydrogen-bond donors (Lipinski definition) is 3. The maximum Gasteiger partial charge on any atom is 0.414 e. The van der Waals surface area contributed by atoms with Crippen molar-refractivity contribution in [1.29, 1.82) is 0 Å². The van der Waals surface area contributed by atoms with Crippen LogP contribution < -0.4 is 4.74 Å². The van der Waals surface area contributed by atoms with Crippen molar-refractivity contribution in [2.24, 2.45) is 11.3 Å². The molecule has 5 rings (SSSR count). The van der Waals surface area contributed by atoms with E-state index >= 15 is 0 Å². The summed E-state index contributed by atoms with van der Waals surface area (Å²) >= 11 is 0. The van der Waals surface area contributed by atoms with E-state index in [1.54, 1.807) is 0 Å². The molecule has 1 aromatic carbocycles. The van der Waals surface area contributed by atoms with E-state index < -0.39 is 11.9 Å². The van der Waals surface area contributed by atoms with Crippen LogP contribution in [-0.4, -0.2) is 71.5 Å². The number of rotatable bonds is 5. The minimum atomic E-state index is -1.82. The highest BCUT2D eigenvalue weighted by Gasteiger charge is 2.45. The van der Waals surface area contributed by atoms with Gasteiger partial charge in [0.05, 0.1) is 19.8 Å². The largest absolute Gasteiger partial charge is 0.493 e. The molecule has 34 heavy (non-hydrogen) atoms. The lowest BCUT2D eigenvalue weighted by molar-refractivity contribution is -0.159. The first-order valence-electron chi connectivity index (χ1n) is 11.8. The van der Waals surface area contributed by atoms with E-state index in [0.717, 1.165) is 44.1 Å². The Morgan fingerprint density at radius 1 is 1.18 bits per heavy atom. The van der Waals surface area contributed by atoms with Gasteiger partial charge in [0, 0.05) is 29.1 Å². The maximum absolute atomic E-state index is 9.10. The lowest BCUT2D eigenvalue weighted by Gasteiger charge is -2.50. The highest BCUT2D eigenvalue weighted by molar-refractivity contribution is 6.27. The standard InChI is InChI=1S/C24H30N2O2.C2H2O4/c1-2-6-21-19(5-1)17-27-18-24(21)10-14-26(15-11-24)13-4-16-28-23-8-3-7-22-20(23)9-12-25-22;3-1(4)2(5)6/h1-3,5,7-9,12,21,25H,4,6,10-11,13-18H2;(H,3,4)(H,5,6). The van der Waals surface area contributed by atoms with Gasteiger partial charge in [-0.3, -0.25) is 0 Å². The van der Waals surface area contributed by atoms with Crippen molar-refractivity contribution in [3.8, 4) is 5.75 Å². The lowest BCUT2D eigenvalue weighted by atomic mass is 9.63. The van der Waals surface area contributed by atoms with Gasteiger partial charge in [0.15, 0.2) is 0 Å². The predicted octanol–water partition coefficient (Wildman–Crippen LogP) is 3.71. The van der Waals surface area contributed by atoms with Gasteiger partial charge in [0.2, 0.25) is 0 Å². The number of benzene rings is 1. The van der Waals surface area contributed by atoms with Crippen molar-refractivity contribution in [3.63, 3.8) is 0 Å². The lowest BCUT2D eigenvalue weighted by Crippen LogP contribution is -2.50. The van der Waals surface area contributed by atoms with Crippen LogP contribution >= 0.6 is 0 Å². The number of carboxylic acids is 2. The summed E-state index contributed by atoms with van der Waals surface area (Å²) in [6, 6.07) is 8.29. The third-order valence-electron chi connectivity index (χ3n) is 7.13. The predicted molar refractivity (Wildman–Crippen MR) is 128 cm³/mol. The molecule has 3 N–H and O–H groups in total. The molecule has 2 aliphatic heterocycles. The molecule has 2 aromatic rings. The van der Waals surface area contributed by atoms with Crippen LogP contribution in [0.3, 0.4) is 0 Å². The van der Waals surface area contributed by atoms with Gasteiger partial charge >= 0.3 is 11.9 Å². The second-order valence-corrected chi connectivity index (χ2v) is 9.16. The minimum absolute atomic E-state index is 0.367. The van der Waals surface area contributed by atoms with Gasteiger partial charge in [0.25, 0.3) is 0 Å². The molecule has 1 aliphatic carbocycles. The van der Waals surface area contributed by atoms with E-state index in [2.05, 4.69) is 46.3 Å². The molecular formula is C26H32N2O6. The zero-order valence-electron chi connectivity index (χ0n) is 19.2. The second-order valence-electron chi connectivity index (χ2n) is 9.16. The van der Waals surface area contributed by atoms with Gasteiger partial charge in [-0.25, -0.2) is 9.59 Å². The topological polar surface area (TPSA) is 112 Å². The first-order valence-corrected chi connectivity index (χ1v) is 11.8. The van der Waals surface area contributed by atoms with Gasteiger partial charge in [-0.15, -0.1) is 0 Å². The summed E-state index contributed by atoms with van der Waals surface area (Å²) in [5.74, 6) is -1.95. The summed E-state index contributed by atoms with van der Waals surface area (Å²) in [4.78, 5) is 24.1. The number of ether oxygens (including phenoxy) is 2. The van der Waals surface area contributed by atoms with E-state index in [-0.39, 0.29) is 0 Å². The van der Waals surface area contributed by atoms with Crippen LogP contribution in [0.25, 0.3) is 10.9 Å². The summed E-state index contributed by atoms with van der Waals surface area (Å²) in [5.41, 5.74) is 3.03. The minimum Gasteiger partial charge on any atom is -0.493 e. The monoisotopic (exact) mass is 468 g/mol. The van der Waals surface area contributed by atoms with Gasteiger partial charge in [-0.1, -0.05) is 24.3 Å². The Hall–Kier alpha value is -3.10. The number of nitrogens with one attached hydrogen (secondary N) is 1. The van der Waals surface area contributed by atoms with Crippen molar-refractivity contribution in [1.82, 2.24) is 9.88 Å². The normalized spacial score (nSPS) is 21.3. The molecule has 2 fully saturated rings. The zero-order chi connectivity index (χ0) is 24.0. The van der Waals surface area contributed by atoms with Crippen molar-refractivity contribution in [3.05, 3.63) is 54.3 Å². The Morgan fingerprint density at radius 3 is 2.74 bits per heavy atom. The number of likely N-dealkylation sites (tertiary alicyclic amines) is 1. The van der Waals surface area contributed by atoms with Crippen LogP contribution in [0.2, 0.25) is 0 Å². The number of nitrogens with zero attached hydrogens (tertiary/aromatic N) is 1. The number of carbonyl (C=O) groups is 2. The van der Waals surface area contributed by atoms with E-state index in [1.807, 2.05) is 12.3 Å². The zero-order valence-corrected chi connectivity index (χ0v) is 19.2. The first-order chi connectivity index (χ1) is 16.5. The average molecular weight is 469 g/mol. The molecule has 0 saturated carbocycles. The van der Waals surface area contributed by atoms with Gasteiger partial charge < -0.3 is 29.6 Å². The third kappa shape index (κ3) is 5.51. The van der Waals surface area contributed by atoms with E-state index in [1.165, 1.54) is 43.3 Å². The van der Waals surface area contributed by atoms with Crippen molar-refractivity contribution in [2.45, 2.75) is 25.7 Å². The Bertz CT molecular complexity index is 1050. The molecule has 182 valence electrons. The number of hydrogen-bond acceptors (Lipinski definition) is 5. The number of aliphatic carboxylic acids is 2. The number of aromatic amines is 1. The van der Waals surface area contributed by atoms with Crippen LogP contribution in [0.4, 0.5) is 0 Å². The highest BCUT2D eigenvalue weighted by atomic mass is 16.5. The Kier molecular flexibility index (Phi) is 7.70. The first kappa shape index (κ1) is 24.0. The third-order valence-corrected chi connectivity index (χ3v) is 7.13. The van der Waals surface area contributed by atoms with Crippen LogP contribution in [0.15, 0.2) is 54.3 Å². The van der Waals surface area contributed by atoms with Crippen LogP contribution in [0.1, 0.15) is 25.7 Å². The molecule has 3 heterocycles. The van der Waals surface area contributed by atoms with Gasteiger partial charge in [-0.05, 0) is 68.5 Å². The quantitative estimate of drug-likeness (QED) is 0.453. The van der Waals surface area contributed by atoms with Crippen LogP contribution in [0.5, 0.6) is 5.75 Å². The molecule has 1 unspecified atom stereocenters. The molecule has 2 saturated heterocycles. The molecule has 1 atom stereocenters. The molecule has 8 heteroatoms. The number of H-pyrrole nitrogens is 1. The molecule has 8 nitrogen and oxygen atoms in total. The Balaban J connectivity index is 0.000000408. The SMILES string of the molecule is C1=CCC2C(=C1)COCC21CCN(CCCOc2cccc3[nH]ccc23)CC1.O=C(O)C(=O)O. The van der Waals surface area contributed by atoms with Crippen molar-refractivity contribution < 1.29 is 29.3 Å². The number of aromatic nitrogens is 1. The smallest absolute Gasteiger partial charge is 0.414 e. The van der Waals surface area contributed by atoms with Crippen LogP contribution in [-0.2, 0) is 14.3 Å². The van der Waals surface area contributed by atoms with Gasteiger partial charge in [0.1, 0.15) is 5.75 Å². The summed E-state index contributed by atoms with van der Waals surface area (Å²) in [5, 5.41) is 16.0. The highest BCUT2D eigenvalue weighted by Crippen LogP contribution is 2.48. The fourth-order valence-electron chi connectivity index (χ4n) is 5.31. The second kappa shape index (κ2) is 10.9. The molecule has 1 aromatic heterocycles. The summed E-state index contributed by atoms with van der Waals surface area (Å²) in [7, 11) is 0. The fraction of sp³-hybridized carbons (Fsp3) is 0.462. The number of carboxylic acid groups (broad SMARTS) is 2.